The van der Waals surface area contributed by atoms with Crippen LogP contribution in [0.15, 0.2) is 24.8 Å². The van der Waals surface area contributed by atoms with Gasteiger partial charge < -0.3 is 5.32 Å². The molecule has 0 aromatic carbocycles. The van der Waals surface area contributed by atoms with Crippen molar-refractivity contribution in [2.24, 2.45) is 0 Å². The number of carbonyl (C=O) groups is 1. The van der Waals surface area contributed by atoms with Gasteiger partial charge in [-0.3, -0.25) is 4.79 Å². The van der Waals surface area contributed by atoms with Crippen LogP contribution in [0, 0.1) is 11.3 Å². The Kier molecular flexibility index (Phi) is 2.94. The highest BCUT2D eigenvalue weighted by Crippen LogP contribution is 2.39. The number of fused-ring (bicyclic) bond motifs is 1. The molecule has 0 saturated carbocycles. The Bertz CT molecular complexity index is 598. The summed E-state index contributed by atoms with van der Waals surface area (Å²) in [6.45, 7) is 9.42. The molecule has 0 spiro atoms. The quantitative estimate of drug-likeness (QED) is 0.823. The molecule has 1 amide bonds. The molecule has 19 heavy (non-hydrogen) atoms. The van der Waals surface area contributed by atoms with Gasteiger partial charge in [-0.05, 0) is 38.8 Å². The van der Waals surface area contributed by atoms with Gasteiger partial charge >= 0.3 is 0 Å². The van der Waals surface area contributed by atoms with E-state index in [9.17, 15) is 4.79 Å². The van der Waals surface area contributed by atoms with Crippen molar-refractivity contribution in [1.29, 1.82) is 5.26 Å². The third kappa shape index (κ3) is 1.91. The Morgan fingerprint density at radius 3 is 2.74 bits per heavy atom. The minimum absolute atomic E-state index is 0.0764. The van der Waals surface area contributed by atoms with Gasteiger partial charge in [-0.25, -0.2) is 4.98 Å². The minimum Gasteiger partial charge on any atom is -0.346 e. The van der Waals surface area contributed by atoms with Crippen molar-refractivity contribution in [3.05, 3.63) is 41.7 Å². The lowest BCUT2D eigenvalue weighted by Gasteiger charge is -2.42. The number of carbonyl (C=O) groups excluding carboxylic acids is 1. The molecule has 4 heteroatoms. The first kappa shape index (κ1) is 13.3. The summed E-state index contributed by atoms with van der Waals surface area (Å²) in [4.78, 5) is 16.8. The number of amides is 1. The first-order valence-electron chi connectivity index (χ1n) is 6.21. The van der Waals surface area contributed by atoms with E-state index in [-0.39, 0.29) is 5.91 Å². The highest BCUT2D eigenvalue weighted by atomic mass is 16.2. The molecule has 1 aliphatic rings. The average molecular weight is 255 g/mol. The molecule has 1 unspecified atom stereocenters. The molecule has 0 saturated heterocycles. The summed E-state index contributed by atoms with van der Waals surface area (Å²) in [5.41, 5.74) is 0.725. The van der Waals surface area contributed by atoms with Crippen LogP contribution in [0.5, 0.6) is 0 Å². The second kappa shape index (κ2) is 4.20. The van der Waals surface area contributed by atoms with Crippen molar-refractivity contribution < 1.29 is 4.79 Å². The van der Waals surface area contributed by atoms with Gasteiger partial charge in [-0.1, -0.05) is 12.1 Å². The van der Waals surface area contributed by atoms with Gasteiger partial charge in [0.1, 0.15) is 11.8 Å². The van der Waals surface area contributed by atoms with Crippen LogP contribution < -0.4 is 5.32 Å². The second-order valence-corrected chi connectivity index (χ2v) is 5.61. The molecular weight excluding hydrogens is 238 g/mol. The Morgan fingerprint density at radius 2 is 2.16 bits per heavy atom. The smallest absolute Gasteiger partial charge is 0.232 e. The lowest BCUT2D eigenvalue weighted by molar-refractivity contribution is -0.129. The van der Waals surface area contributed by atoms with Gasteiger partial charge in [0.25, 0.3) is 0 Å². The summed E-state index contributed by atoms with van der Waals surface area (Å²) in [6.07, 6.45) is 2.20. The summed E-state index contributed by atoms with van der Waals surface area (Å²) in [6, 6.07) is 5.59. The average Bonchev–Trinajstić information content (AvgIpc) is 2.36. The molecule has 1 N–H and O–H groups in total. The molecule has 1 aromatic heterocycles. The fourth-order valence-corrected chi connectivity index (χ4v) is 2.52. The number of hydrogen-bond acceptors (Lipinski definition) is 3. The van der Waals surface area contributed by atoms with Gasteiger partial charge in [0.2, 0.25) is 5.91 Å². The van der Waals surface area contributed by atoms with E-state index in [1.807, 2.05) is 32.9 Å². The maximum atomic E-state index is 12.4. The lowest BCUT2D eigenvalue weighted by atomic mass is 9.72. The van der Waals surface area contributed by atoms with Crippen LogP contribution in [-0.2, 0) is 15.7 Å². The number of hydrogen-bond donors (Lipinski definition) is 1. The molecule has 0 fully saturated rings. The number of aromatic nitrogens is 1. The van der Waals surface area contributed by atoms with Crippen LogP contribution in [0.1, 0.15) is 44.1 Å². The molecule has 1 atom stereocenters. The zero-order chi connectivity index (χ0) is 14.3. The minimum atomic E-state index is -0.764. The van der Waals surface area contributed by atoms with Crippen molar-refractivity contribution in [2.75, 3.05) is 0 Å². The van der Waals surface area contributed by atoms with Crippen molar-refractivity contribution in [2.45, 2.75) is 38.1 Å². The highest BCUT2D eigenvalue weighted by Gasteiger charge is 2.46. The van der Waals surface area contributed by atoms with Gasteiger partial charge in [0.05, 0.1) is 16.6 Å². The Balaban J connectivity index is 2.73. The molecule has 98 valence electrons. The monoisotopic (exact) mass is 255 g/mol. The number of nitriles is 1. The standard InChI is InChI=1S/C15H17N3O/c1-5-8-15(4)12-11(7-6-10(9-16)17-12)14(2,3)18-13(15)19/h5-7H,1,8H2,2-4H3,(H,18,19). The number of nitrogens with zero attached hydrogens (tertiary/aromatic N) is 2. The Labute approximate surface area is 113 Å². The third-order valence-electron chi connectivity index (χ3n) is 3.69. The fraction of sp³-hybridized carbons (Fsp3) is 0.400. The summed E-state index contributed by atoms with van der Waals surface area (Å²) in [7, 11) is 0. The van der Waals surface area contributed by atoms with Crippen LogP contribution in [0.3, 0.4) is 0 Å². The predicted molar refractivity (Wildman–Crippen MR) is 72.3 cm³/mol. The van der Waals surface area contributed by atoms with E-state index in [1.165, 1.54) is 0 Å². The largest absolute Gasteiger partial charge is 0.346 e. The van der Waals surface area contributed by atoms with E-state index in [0.29, 0.717) is 17.8 Å². The number of pyridine rings is 1. The Morgan fingerprint density at radius 1 is 1.47 bits per heavy atom. The topological polar surface area (TPSA) is 65.8 Å². The van der Waals surface area contributed by atoms with Crippen LogP contribution in [0.4, 0.5) is 0 Å². The summed E-state index contributed by atoms with van der Waals surface area (Å²) in [5.74, 6) is -0.0764. The van der Waals surface area contributed by atoms with Gasteiger partial charge in [0, 0.05) is 0 Å². The maximum absolute atomic E-state index is 12.4. The highest BCUT2D eigenvalue weighted by molar-refractivity contribution is 5.90. The van der Waals surface area contributed by atoms with Gasteiger partial charge in [-0.2, -0.15) is 5.26 Å². The molecule has 4 nitrogen and oxygen atoms in total. The van der Waals surface area contributed by atoms with Crippen LogP contribution >= 0.6 is 0 Å². The lowest BCUT2D eigenvalue weighted by Crippen LogP contribution is -2.56. The molecule has 2 rings (SSSR count). The molecular formula is C15H17N3O. The zero-order valence-corrected chi connectivity index (χ0v) is 11.4. The van der Waals surface area contributed by atoms with E-state index < -0.39 is 11.0 Å². The third-order valence-corrected chi connectivity index (χ3v) is 3.69. The summed E-state index contributed by atoms with van der Waals surface area (Å²) in [5, 5.41) is 12.0. The molecule has 0 radical (unpaired) electrons. The van der Waals surface area contributed by atoms with Crippen molar-refractivity contribution >= 4 is 5.91 Å². The van der Waals surface area contributed by atoms with E-state index in [2.05, 4.69) is 16.9 Å². The Hall–Kier alpha value is -2.15. The first-order chi connectivity index (χ1) is 8.85. The van der Waals surface area contributed by atoms with Crippen LogP contribution in [0.25, 0.3) is 0 Å². The predicted octanol–water partition coefficient (Wildman–Crippen LogP) is 2.15. The molecule has 1 aromatic rings. The van der Waals surface area contributed by atoms with Crippen LogP contribution in [0.2, 0.25) is 0 Å². The van der Waals surface area contributed by atoms with Crippen LogP contribution in [-0.4, -0.2) is 10.9 Å². The van der Waals surface area contributed by atoms with Crippen molar-refractivity contribution in [1.82, 2.24) is 10.3 Å². The van der Waals surface area contributed by atoms with E-state index in [0.717, 1.165) is 5.56 Å². The first-order valence-corrected chi connectivity index (χ1v) is 6.21. The summed E-state index contributed by atoms with van der Waals surface area (Å²) < 4.78 is 0. The molecule has 1 aliphatic heterocycles. The summed E-state index contributed by atoms with van der Waals surface area (Å²) >= 11 is 0. The SMILES string of the molecule is C=CCC1(C)C(=O)NC(C)(C)c2ccc(C#N)nc21. The number of nitrogens with one attached hydrogen (secondary N) is 1. The second-order valence-electron chi connectivity index (χ2n) is 5.61. The van der Waals surface area contributed by atoms with E-state index >= 15 is 0 Å². The van der Waals surface area contributed by atoms with Gasteiger partial charge in [-0.15, -0.1) is 6.58 Å². The van der Waals surface area contributed by atoms with Crippen molar-refractivity contribution in [3.63, 3.8) is 0 Å². The maximum Gasteiger partial charge on any atom is 0.232 e. The van der Waals surface area contributed by atoms with Gasteiger partial charge in [0.15, 0.2) is 0 Å². The number of allylic oxidation sites excluding steroid dienone is 1. The zero-order valence-electron chi connectivity index (χ0n) is 11.4. The van der Waals surface area contributed by atoms with E-state index in [4.69, 9.17) is 5.26 Å². The van der Waals surface area contributed by atoms with E-state index in [1.54, 1.807) is 12.1 Å². The molecule has 2 heterocycles. The number of rotatable bonds is 2. The normalized spacial score (nSPS) is 24.0. The molecule has 0 bridgehead atoms. The fourth-order valence-electron chi connectivity index (χ4n) is 2.52. The van der Waals surface area contributed by atoms with Crippen molar-refractivity contribution in [3.8, 4) is 6.07 Å². The molecule has 0 aliphatic carbocycles.